The summed E-state index contributed by atoms with van der Waals surface area (Å²) >= 11 is 0. The lowest BCUT2D eigenvalue weighted by atomic mass is 9.85. The minimum Gasteiger partial charge on any atom is -0.268 e. The van der Waals surface area contributed by atoms with Crippen LogP contribution in [0.1, 0.15) is 0 Å². The smallest absolute Gasteiger partial charge is 0.268 e. The average molecular weight is 643 g/mol. The molecule has 0 atom stereocenters. The number of hydrogen-bond acceptors (Lipinski definition) is 2. The van der Waals surface area contributed by atoms with Gasteiger partial charge in [0.25, 0.3) is 5.56 Å². The van der Waals surface area contributed by atoms with Crippen molar-refractivity contribution >= 4 is 32.4 Å². The molecule has 1 aromatic heterocycles. The summed E-state index contributed by atoms with van der Waals surface area (Å²) < 4.78 is 2.88. The third-order valence-corrected chi connectivity index (χ3v) is 9.60. The molecule has 9 rings (SSSR count). The van der Waals surface area contributed by atoms with E-state index in [1.165, 1.54) is 37.6 Å². The van der Waals surface area contributed by atoms with Gasteiger partial charge in [0.15, 0.2) is 0 Å². The van der Waals surface area contributed by atoms with Crippen LogP contribution in [0.15, 0.2) is 192 Å². The van der Waals surface area contributed by atoms with Crippen molar-refractivity contribution in [2.45, 2.75) is 0 Å². The fourth-order valence-electron chi connectivity index (χ4n) is 7.30. The Morgan fingerprint density at radius 2 is 0.680 bits per heavy atom. The normalized spacial score (nSPS) is 11.4. The molecule has 0 radical (unpaired) electrons. The molecule has 0 bridgehead atoms. The molecule has 8 aromatic carbocycles. The van der Waals surface area contributed by atoms with Crippen LogP contribution in [0.5, 0.6) is 0 Å². The average Bonchev–Trinajstić information content (AvgIpc) is 3.18. The van der Waals surface area contributed by atoms with Gasteiger partial charge < -0.3 is 0 Å². The highest BCUT2D eigenvalue weighted by molar-refractivity contribution is 6.21. The van der Waals surface area contributed by atoms with Crippen LogP contribution in [0.4, 0.5) is 0 Å². The van der Waals surface area contributed by atoms with Gasteiger partial charge in [0.05, 0.1) is 22.3 Å². The second-order valence-corrected chi connectivity index (χ2v) is 12.4. The maximum absolute atomic E-state index is 14.1. The highest BCUT2D eigenvalue weighted by Gasteiger charge is 2.18. The van der Waals surface area contributed by atoms with Gasteiger partial charge in [-0.05, 0) is 91.3 Å². The Labute approximate surface area is 288 Å². The molecule has 0 unspecified atom stereocenters. The summed E-state index contributed by atoms with van der Waals surface area (Å²) in [6, 6.07) is 61.0. The summed E-state index contributed by atoms with van der Waals surface area (Å²) in [5.41, 5.74) is 7.97. The van der Waals surface area contributed by atoms with E-state index in [1.54, 1.807) is 22.8 Å². The minimum atomic E-state index is -0.411. The highest BCUT2D eigenvalue weighted by Crippen LogP contribution is 2.44. The third kappa shape index (κ3) is 4.77. The topological polar surface area (TPSA) is 44.0 Å². The van der Waals surface area contributed by atoms with Crippen molar-refractivity contribution in [3.8, 4) is 44.8 Å². The largest absolute Gasteiger partial charge is 0.340 e. The van der Waals surface area contributed by atoms with E-state index in [9.17, 15) is 9.59 Å². The van der Waals surface area contributed by atoms with Gasteiger partial charge in [0.2, 0.25) is 0 Å². The summed E-state index contributed by atoms with van der Waals surface area (Å²) in [6.45, 7) is 0. The zero-order valence-electron chi connectivity index (χ0n) is 27.0. The van der Waals surface area contributed by atoms with Gasteiger partial charge >= 0.3 is 5.69 Å². The number of hydrogen-bond donors (Lipinski definition) is 0. The Kier molecular flexibility index (Phi) is 7.07. The number of para-hydroxylation sites is 2. The van der Waals surface area contributed by atoms with E-state index < -0.39 is 5.69 Å². The molecule has 4 heteroatoms. The predicted octanol–water partition coefficient (Wildman–Crippen LogP) is 10.4. The number of aromatic nitrogens is 2. The lowest BCUT2D eigenvalue weighted by Crippen LogP contribution is -2.38. The van der Waals surface area contributed by atoms with Gasteiger partial charge in [0, 0.05) is 0 Å². The molecule has 4 nitrogen and oxygen atoms in total. The third-order valence-electron chi connectivity index (χ3n) is 9.60. The van der Waals surface area contributed by atoms with Crippen LogP contribution >= 0.6 is 0 Å². The maximum Gasteiger partial charge on any atom is 0.340 e. The quantitative estimate of drug-likeness (QED) is 0.175. The molecular formula is C46H30N2O2. The molecule has 0 fully saturated rings. The molecular weight excluding hydrogens is 613 g/mol. The first kappa shape index (κ1) is 29.4. The fraction of sp³-hybridized carbons (Fsp3) is 0. The molecule has 0 amide bonds. The number of fused-ring (bicyclic) bond motifs is 3. The standard InChI is InChI=1S/C46H30N2O2/c49-45-41-21-11-12-22-42(41)47(46(50)48(45)35-15-5-2-6-16-35)36-29-27-34(28-30-36)44-39-19-9-7-17-37(39)43(38-18-8-10-20-40(38)44)33-25-23-32(24-26-33)31-13-3-1-4-14-31/h1-30H. The molecule has 0 saturated carbocycles. The molecule has 1 heterocycles. The van der Waals surface area contributed by atoms with Crippen molar-refractivity contribution < 1.29 is 0 Å². The van der Waals surface area contributed by atoms with Crippen LogP contribution in [-0.2, 0) is 0 Å². The summed E-state index contributed by atoms with van der Waals surface area (Å²) in [7, 11) is 0. The molecule has 50 heavy (non-hydrogen) atoms. The van der Waals surface area contributed by atoms with E-state index in [0.29, 0.717) is 22.3 Å². The summed E-state index contributed by atoms with van der Waals surface area (Å²) in [5, 5.41) is 5.14. The van der Waals surface area contributed by atoms with E-state index in [0.717, 1.165) is 21.9 Å². The predicted molar refractivity (Wildman–Crippen MR) is 206 cm³/mol. The maximum atomic E-state index is 14.1. The SMILES string of the molecule is O=c1c2ccccc2n(-c2ccc(-c3c4ccccc4c(-c4ccc(-c5ccccc5)cc4)c4ccccc34)cc2)c(=O)n1-c1ccccc1. The first-order valence-electron chi connectivity index (χ1n) is 16.7. The first-order chi connectivity index (χ1) is 24.7. The zero-order valence-corrected chi connectivity index (χ0v) is 27.0. The van der Waals surface area contributed by atoms with Gasteiger partial charge in [0.1, 0.15) is 0 Å². The van der Waals surface area contributed by atoms with Crippen LogP contribution in [0.25, 0.3) is 77.2 Å². The molecule has 0 aliphatic heterocycles. The Bertz CT molecular complexity index is 2760. The van der Waals surface area contributed by atoms with Crippen LogP contribution in [0, 0.1) is 0 Å². The molecule has 0 spiro atoms. The van der Waals surface area contributed by atoms with Crippen LogP contribution in [0.3, 0.4) is 0 Å². The van der Waals surface area contributed by atoms with Crippen molar-refractivity contribution in [1.29, 1.82) is 0 Å². The summed E-state index contributed by atoms with van der Waals surface area (Å²) in [4.78, 5) is 27.7. The van der Waals surface area contributed by atoms with Crippen LogP contribution in [-0.4, -0.2) is 9.13 Å². The van der Waals surface area contributed by atoms with Crippen LogP contribution in [0.2, 0.25) is 0 Å². The lowest BCUT2D eigenvalue weighted by Gasteiger charge is -2.18. The Hall–Kier alpha value is -6.78. The number of benzene rings is 8. The number of rotatable bonds is 5. The monoisotopic (exact) mass is 642 g/mol. The van der Waals surface area contributed by atoms with E-state index in [4.69, 9.17) is 0 Å². The van der Waals surface area contributed by atoms with Crippen LogP contribution < -0.4 is 11.2 Å². The van der Waals surface area contributed by atoms with Crippen molar-refractivity contribution in [2.75, 3.05) is 0 Å². The van der Waals surface area contributed by atoms with Crippen molar-refractivity contribution in [3.63, 3.8) is 0 Å². The van der Waals surface area contributed by atoms with Crippen molar-refractivity contribution in [3.05, 3.63) is 203 Å². The van der Waals surface area contributed by atoms with Gasteiger partial charge in [-0.3, -0.25) is 9.36 Å². The minimum absolute atomic E-state index is 0.336. The Balaban J connectivity index is 1.22. The van der Waals surface area contributed by atoms with Gasteiger partial charge in [-0.2, -0.15) is 0 Å². The second-order valence-electron chi connectivity index (χ2n) is 12.4. The molecule has 236 valence electrons. The van der Waals surface area contributed by atoms with E-state index in [1.807, 2.05) is 54.6 Å². The zero-order chi connectivity index (χ0) is 33.6. The molecule has 0 aliphatic rings. The van der Waals surface area contributed by atoms with Gasteiger partial charge in [-0.15, -0.1) is 0 Å². The van der Waals surface area contributed by atoms with Crippen molar-refractivity contribution in [1.82, 2.24) is 9.13 Å². The van der Waals surface area contributed by atoms with E-state index >= 15 is 0 Å². The Morgan fingerprint density at radius 3 is 1.22 bits per heavy atom. The molecule has 0 aliphatic carbocycles. The van der Waals surface area contributed by atoms with E-state index in [-0.39, 0.29) is 5.56 Å². The number of nitrogens with zero attached hydrogens (tertiary/aromatic N) is 2. The Morgan fingerprint density at radius 1 is 0.300 bits per heavy atom. The molecule has 0 N–H and O–H groups in total. The molecule has 9 aromatic rings. The molecule has 0 saturated heterocycles. The van der Waals surface area contributed by atoms with Gasteiger partial charge in [-0.25, -0.2) is 9.36 Å². The second kappa shape index (κ2) is 12.0. The first-order valence-corrected chi connectivity index (χ1v) is 16.7. The fourth-order valence-corrected chi connectivity index (χ4v) is 7.30. The van der Waals surface area contributed by atoms with Crippen molar-refractivity contribution in [2.24, 2.45) is 0 Å². The lowest BCUT2D eigenvalue weighted by molar-refractivity contribution is 0.835. The van der Waals surface area contributed by atoms with Gasteiger partial charge in [-0.1, -0.05) is 146 Å². The highest BCUT2D eigenvalue weighted by atomic mass is 16.2. The summed E-state index contributed by atoms with van der Waals surface area (Å²) in [5.74, 6) is 0. The van der Waals surface area contributed by atoms with E-state index in [2.05, 4.69) is 109 Å². The summed E-state index contributed by atoms with van der Waals surface area (Å²) in [6.07, 6.45) is 0.